The van der Waals surface area contributed by atoms with Crippen molar-refractivity contribution in [3.63, 3.8) is 0 Å². The first-order chi connectivity index (χ1) is 22.5. The SMILES string of the molecule is C#CC1(O)CCC2C3CCC4=CC(=NOCC(=O)NC(C(=O)NC(CC(=O)O)C5CCOC(C)(C)C5)C(C)C)CCC4(C)C3CCC21C. The van der Waals surface area contributed by atoms with Gasteiger partial charge in [0.1, 0.15) is 11.6 Å². The number of rotatable bonds is 10. The van der Waals surface area contributed by atoms with E-state index in [1.54, 1.807) is 0 Å². The lowest BCUT2D eigenvalue weighted by atomic mass is 9.46. The first-order valence-electron chi connectivity index (χ1n) is 18.1. The molecule has 48 heavy (non-hydrogen) atoms. The molecule has 266 valence electrons. The zero-order chi connectivity index (χ0) is 35.1. The number of carboxylic acid groups (broad SMARTS) is 1. The highest BCUT2D eigenvalue weighted by atomic mass is 16.6. The Morgan fingerprint density at radius 1 is 1.06 bits per heavy atom. The smallest absolute Gasteiger partial charge is 0.305 e. The summed E-state index contributed by atoms with van der Waals surface area (Å²) in [5.74, 6) is 2.19. The molecule has 0 bridgehead atoms. The van der Waals surface area contributed by atoms with Crippen molar-refractivity contribution < 1.29 is 34.2 Å². The van der Waals surface area contributed by atoms with E-state index in [1.165, 1.54) is 5.57 Å². The van der Waals surface area contributed by atoms with E-state index in [0.717, 1.165) is 50.7 Å². The number of nitrogens with zero attached hydrogens (tertiary/aromatic N) is 1. The third kappa shape index (κ3) is 7.05. The third-order valence-corrected chi connectivity index (χ3v) is 13.0. The normalized spacial score (nSPS) is 37.6. The van der Waals surface area contributed by atoms with Crippen LogP contribution in [-0.4, -0.2) is 70.2 Å². The van der Waals surface area contributed by atoms with Gasteiger partial charge < -0.3 is 30.4 Å². The maximum absolute atomic E-state index is 13.4. The van der Waals surface area contributed by atoms with Gasteiger partial charge in [0, 0.05) is 18.1 Å². The maximum atomic E-state index is 13.4. The van der Waals surface area contributed by atoms with Crippen molar-refractivity contribution in [2.75, 3.05) is 13.2 Å². The molecule has 0 aromatic carbocycles. The van der Waals surface area contributed by atoms with Gasteiger partial charge in [-0.1, -0.05) is 44.3 Å². The molecule has 9 atom stereocenters. The summed E-state index contributed by atoms with van der Waals surface area (Å²) in [6, 6.07) is -1.42. The zero-order valence-corrected chi connectivity index (χ0v) is 29.8. The Hall–Kier alpha value is -2.90. The molecule has 10 nitrogen and oxygen atoms in total. The van der Waals surface area contributed by atoms with E-state index in [1.807, 2.05) is 27.7 Å². The summed E-state index contributed by atoms with van der Waals surface area (Å²) in [6.07, 6.45) is 16.6. The summed E-state index contributed by atoms with van der Waals surface area (Å²) in [5.41, 5.74) is 0.689. The topological polar surface area (TPSA) is 147 Å². The van der Waals surface area contributed by atoms with Gasteiger partial charge in [-0.15, -0.1) is 6.42 Å². The van der Waals surface area contributed by atoms with Gasteiger partial charge in [0.25, 0.3) is 5.91 Å². The minimum Gasteiger partial charge on any atom is -0.481 e. The van der Waals surface area contributed by atoms with Crippen molar-refractivity contribution >= 4 is 23.5 Å². The van der Waals surface area contributed by atoms with E-state index in [-0.39, 0.29) is 35.7 Å². The van der Waals surface area contributed by atoms with Gasteiger partial charge in [-0.3, -0.25) is 14.4 Å². The van der Waals surface area contributed by atoms with Crippen LogP contribution in [0, 0.1) is 52.8 Å². The highest BCUT2D eigenvalue weighted by molar-refractivity contribution is 5.96. The Kier molecular flexibility index (Phi) is 10.4. The fraction of sp³-hybridized carbons (Fsp3) is 0.789. The highest BCUT2D eigenvalue weighted by Crippen LogP contribution is 2.67. The lowest BCUT2D eigenvalue weighted by Gasteiger charge is -2.58. The summed E-state index contributed by atoms with van der Waals surface area (Å²) in [4.78, 5) is 43.5. The van der Waals surface area contributed by atoms with E-state index in [0.29, 0.717) is 43.6 Å². The van der Waals surface area contributed by atoms with Crippen molar-refractivity contribution in [3.8, 4) is 12.3 Å². The van der Waals surface area contributed by atoms with Crippen LogP contribution < -0.4 is 10.6 Å². The molecule has 0 radical (unpaired) electrons. The predicted molar refractivity (Wildman–Crippen MR) is 183 cm³/mol. The molecule has 3 saturated carbocycles. The predicted octanol–water partition coefficient (Wildman–Crippen LogP) is 4.99. The average Bonchev–Trinajstić information content (AvgIpc) is 3.29. The number of hydrogen-bond donors (Lipinski definition) is 4. The number of aliphatic carboxylic acids is 1. The van der Waals surface area contributed by atoms with Crippen LogP contribution in [0.2, 0.25) is 0 Å². The zero-order valence-electron chi connectivity index (χ0n) is 29.8. The number of allylic oxidation sites excluding steroid dienone is 2. The maximum Gasteiger partial charge on any atom is 0.305 e. The molecule has 4 aliphatic carbocycles. The van der Waals surface area contributed by atoms with Gasteiger partial charge in [0.05, 0.1) is 17.7 Å². The van der Waals surface area contributed by atoms with Crippen molar-refractivity contribution in [1.82, 2.24) is 10.6 Å². The minimum absolute atomic E-state index is 0.0486. The molecule has 5 aliphatic rings. The van der Waals surface area contributed by atoms with Crippen LogP contribution >= 0.6 is 0 Å². The first kappa shape index (κ1) is 36.4. The van der Waals surface area contributed by atoms with E-state index >= 15 is 0 Å². The fourth-order valence-corrected chi connectivity index (χ4v) is 10.2. The second-order valence-electron chi connectivity index (χ2n) is 16.7. The molecule has 4 N–H and O–H groups in total. The molecule has 0 aromatic rings. The Labute approximate surface area is 286 Å². The molecular weight excluding hydrogens is 610 g/mol. The third-order valence-electron chi connectivity index (χ3n) is 13.0. The largest absolute Gasteiger partial charge is 0.481 e. The van der Waals surface area contributed by atoms with Crippen molar-refractivity contribution in [2.45, 2.75) is 135 Å². The average molecular weight is 668 g/mol. The lowest BCUT2D eigenvalue weighted by Crippen LogP contribution is -2.55. The standard InChI is InChI=1S/C38H57N3O7/c1-8-38(46)17-13-29-27-10-9-25-19-26(11-15-36(25,6)28(27)12-16-37(29,38)7)41-48-22-31(42)40-33(23(2)3)34(45)39-30(20-32(43)44)24-14-18-47-35(4,5)21-24/h1,19,23-24,27-30,33,46H,9-18,20-22H2,2-7H3,(H,39,45)(H,40,42)(H,43,44). The van der Waals surface area contributed by atoms with E-state index in [2.05, 4.69) is 41.6 Å². The number of carboxylic acids is 1. The Morgan fingerprint density at radius 2 is 1.79 bits per heavy atom. The van der Waals surface area contributed by atoms with Crippen LogP contribution in [0.1, 0.15) is 112 Å². The van der Waals surface area contributed by atoms with Gasteiger partial charge in [-0.25, -0.2) is 0 Å². The van der Waals surface area contributed by atoms with Crippen LogP contribution in [0.15, 0.2) is 16.8 Å². The molecule has 1 saturated heterocycles. The van der Waals surface area contributed by atoms with Crippen molar-refractivity contribution in [2.24, 2.45) is 45.6 Å². The van der Waals surface area contributed by atoms with Crippen LogP contribution in [0.25, 0.3) is 0 Å². The molecule has 0 spiro atoms. The summed E-state index contributed by atoms with van der Waals surface area (Å²) < 4.78 is 5.80. The Balaban J connectivity index is 1.17. The number of terminal acetylenes is 1. The fourth-order valence-electron chi connectivity index (χ4n) is 10.2. The molecule has 9 unspecified atom stereocenters. The van der Waals surface area contributed by atoms with Crippen LogP contribution in [-0.2, 0) is 24.0 Å². The molecule has 1 heterocycles. The number of nitrogens with one attached hydrogen (secondary N) is 2. The highest BCUT2D eigenvalue weighted by Gasteiger charge is 2.63. The molecule has 2 amide bonds. The van der Waals surface area contributed by atoms with Crippen LogP contribution in [0.5, 0.6) is 0 Å². The van der Waals surface area contributed by atoms with Crippen molar-refractivity contribution in [1.29, 1.82) is 0 Å². The Morgan fingerprint density at radius 3 is 2.46 bits per heavy atom. The second kappa shape index (κ2) is 13.8. The van der Waals surface area contributed by atoms with Crippen LogP contribution in [0.3, 0.4) is 0 Å². The first-order valence-corrected chi connectivity index (χ1v) is 18.1. The summed E-state index contributed by atoms with van der Waals surface area (Å²) in [5, 5.41) is 30.9. The van der Waals surface area contributed by atoms with Gasteiger partial charge in [-0.05, 0) is 119 Å². The Bertz CT molecular complexity index is 1370. The molecule has 0 aromatic heterocycles. The molecule has 4 fully saturated rings. The quantitative estimate of drug-likeness (QED) is 0.190. The van der Waals surface area contributed by atoms with Crippen LogP contribution in [0.4, 0.5) is 0 Å². The number of fused-ring (bicyclic) bond motifs is 5. The molecule has 10 heteroatoms. The van der Waals surface area contributed by atoms with Gasteiger partial charge in [0.2, 0.25) is 5.91 Å². The van der Waals surface area contributed by atoms with Crippen molar-refractivity contribution in [3.05, 3.63) is 11.6 Å². The summed E-state index contributed by atoms with van der Waals surface area (Å²) in [6.45, 7) is 12.4. The van der Waals surface area contributed by atoms with Gasteiger partial charge in [-0.2, -0.15) is 0 Å². The number of carbonyl (C=O) groups excluding carboxylic acids is 2. The lowest BCUT2D eigenvalue weighted by molar-refractivity contribution is -0.140. The summed E-state index contributed by atoms with van der Waals surface area (Å²) >= 11 is 0. The molecule has 5 rings (SSSR count). The number of carbonyl (C=O) groups is 3. The number of ether oxygens (including phenoxy) is 1. The van der Waals surface area contributed by atoms with E-state index in [9.17, 15) is 24.6 Å². The number of aliphatic hydroxyl groups is 1. The number of amides is 2. The summed E-state index contributed by atoms with van der Waals surface area (Å²) in [7, 11) is 0. The minimum atomic E-state index is -1.00. The number of hydrogen-bond acceptors (Lipinski definition) is 7. The second-order valence-corrected chi connectivity index (χ2v) is 16.7. The van der Waals surface area contributed by atoms with Gasteiger partial charge >= 0.3 is 5.97 Å². The van der Waals surface area contributed by atoms with E-state index in [4.69, 9.17) is 16.0 Å². The molecule has 1 aliphatic heterocycles. The number of oxime groups is 1. The van der Waals surface area contributed by atoms with E-state index < -0.39 is 41.1 Å². The van der Waals surface area contributed by atoms with Gasteiger partial charge in [0.15, 0.2) is 6.61 Å². The molecular formula is C38H57N3O7. The monoisotopic (exact) mass is 667 g/mol.